The van der Waals surface area contributed by atoms with Crippen molar-refractivity contribution >= 4 is 17.7 Å². The van der Waals surface area contributed by atoms with E-state index in [0.717, 1.165) is 24.4 Å². The Bertz CT molecular complexity index is 411. The lowest BCUT2D eigenvalue weighted by molar-refractivity contribution is 0.0470. The minimum Gasteiger partial charge on any atom is -0.391 e. The number of rotatable bonds is 2. The van der Waals surface area contributed by atoms with Gasteiger partial charge in [0.25, 0.3) is 5.91 Å². The highest BCUT2D eigenvalue weighted by Gasteiger charge is 2.24. The summed E-state index contributed by atoms with van der Waals surface area (Å²) in [5, 5.41) is 10.3. The lowest BCUT2D eigenvalue weighted by Gasteiger charge is -2.30. The largest absolute Gasteiger partial charge is 0.391 e. The maximum atomic E-state index is 12.3. The van der Waals surface area contributed by atoms with Crippen molar-refractivity contribution in [3.05, 3.63) is 23.9 Å². The molecular weight excluding hydrogens is 236 g/mol. The number of nitrogens with zero attached hydrogens (tertiary/aromatic N) is 2. The third-order valence-corrected chi connectivity index (χ3v) is 3.59. The molecule has 1 fully saturated rings. The van der Waals surface area contributed by atoms with Crippen LogP contribution in [0, 0.1) is 0 Å². The lowest BCUT2D eigenvalue weighted by Crippen LogP contribution is -2.42. The highest BCUT2D eigenvalue weighted by Crippen LogP contribution is 2.20. The fourth-order valence-electron chi connectivity index (χ4n) is 2.03. The van der Waals surface area contributed by atoms with Gasteiger partial charge in [0.1, 0.15) is 5.03 Å². The Labute approximate surface area is 105 Å². The minimum atomic E-state index is -0.387. The molecule has 1 amide bonds. The normalized spacial score (nSPS) is 20.4. The van der Waals surface area contributed by atoms with E-state index in [1.807, 2.05) is 6.26 Å². The number of carbonyl (C=O) groups is 1. The number of hydrogen-bond acceptors (Lipinski definition) is 4. The van der Waals surface area contributed by atoms with Crippen LogP contribution in [0.25, 0.3) is 0 Å². The van der Waals surface area contributed by atoms with E-state index < -0.39 is 0 Å². The van der Waals surface area contributed by atoms with Crippen LogP contribution >= 0.6 is 11.8 Å². The molecule has 2 heterocycles. The molecule has 1 aromatic rings. The van der Waals surface area contributed by atoms with Crippen LogP contribution in [-0.4, -0.2) is 46.3 Å². The number of aliphatic hydroxyl groups excluding tert-OH is 1. The number of pyridine rings is 1. The van der Waals surface area contributed by atoms with Gasteiger partial charge in [-0.05, 0) is 31.2 Å². The third-order valence-electron chi connectivity index (χ3n) is 2.88. The fourth-order valence-corrected chi connectivity index (χ4v) is 2.57. The first-order valence-corrected chi connectivity index (χ1v) is 6.91. The van der Waals surface area contributed by atoms with Gasteiger partial charge in [-0.1, -0.05) is 0 Å². The standard InChI is InChI=1S/C12H16N2O2S/c1-17-11-10(5-2-6-13-11)12(16)14-7-3-4-9(15)8-14/h2,5-6,9,15H,3-4,7-8H2,1H3. The van der Waals surface area contributed by atoms with E-state index in [1.165, 1.54) is 11.8 Å². The highest BCUT2D eigenvalue weighted by atomic mass is 32.2. The fraction of sp³-hybridized carbons (Fsp3) is 0.500. The third kappa shape index (κ3) is 2.79. The number of aliphatic hydroxyl groups is 1. The number of hydrogen-bond donors (Lipinski definition) is 1. The smallest absolute Gasteiger partial charge is 0.256 e. The van der Waals surface area contributed by atoms with Crippen LogP contribution in [-0.2, 0) is 0 Å². The Morgan fingerprint density at radius 1 is 1.65 bits per heavy atom. The van der Waals surface area contributed by atoms with Crippen LogP contribution in [0.15, 0.2) is 23.4 Å². The van der Waals surface area contributed by atoms with E-state index >= 15 is 0 Å². The summed E-state index contributed by atoms with van der Waals surface area (Å²) in [5.74, 6) is -0.0267. The summed E-state index contributed by atoms with van der Waals surface area (Å²) in [5.41, 5.74) is 0.633. The molecule has 1 saturated heterocycles. The van der Waals surface area contributed by atoms with Crippen LogP contribution in [0.1, 0.15) is 23.2 Å². The maximum absolute atomic E-state index is 12.3. The zero-order valence-corrected chi connectivity index (χ0v) is 10.6. The Morgan fingerprint density at radius 2 is 2.47 bits per heavy atom. The van der Waals surface area contributed by atoms with Gasteiger partial charge in [0.05, 0.1) is 11.7 Å². The number of thioether (sulfide) groups is 1. The summed E-state index contributed by atoms with van der Waals surface area (Å²) in [6.07, 6.45) is 4.85. The molecule has 0 spiro atoms. The molecule has 0 bridgehead atoms. The molecule has 0 aromatic carbocycles. The molecule has 92 valence electrons. The van der Waals surface area contributed by atoms with Crippen LogP contribution in [0.5, 0.6) is 0 Å². The van der Waals surface area contributed by atoms with Gasteiger partial charge in [-0.3, -0.25) is 4.79 Å². The second kappa shape index (κ2) is 5.51. The Morgan fingerprint density at radius 3 is 3.18 bits per heavy atom. The second-order valence-electron chi connectivity index (χ2n) is 4.11. The van der Waals surface area contributed by atoms with Crippen molar-refractivity contribution < 1.29 is 9.90 Å². The minimum absolute atomic E-state index is 0.0267. The summed E-state index contributed by atoms with van der Waals surface area (Å²) in [4.78, 5) is 18.2. The lowest BCUT2D eigenvalue weighted by atomic mass is 10.1. The first-order chi connectivity index (χ1) is 8.22. The van der Waals surface area contributed by atoms with Gasteiger partial charge in [-0.2, -0.15) is 0 Å². The van der Waals surface area contributed by atoms with Crippen molar-refractivity contribution in [2.75, 3.05) is 19.3 Å². The van der Waals surface area contributed by atoms with Crippen LogP contribution < -0.4 is 0 Å². The average molecular weight is 252 g/mol. The van der Waals surface area contributed by atoms with Crippen molar-refractivity contribution in [3.8, 4) is 0 Å². The molecule has 5 heteroatoms. The molecule has 1 unspecified atom stereocenters. The zero-order chi connectivity index (χ0) is 12.3. The van der Waals surface area contributed by atoms with E-state index in [-0.39, 0.29) is 12.0 Å². The van der Waals surface area contributed by atoms with Gasteiger partial charge < -0.3 is 10.0 Å². The first kappa shape index (κ1) is 12.4. The van der Waals surface area contributed by atoms with Crippen LogP contribution in [0.2, 0.25) is 0 Å². The number of aromatic nitrogens is 1. The summed E-state index contributed by atoms with van der Waals surface area (Å²) >= 11 is 1.47. The quantitative estimate of drug-likeness (QED) is 0.808. The molecule has 17 heavy (non-hydrogen) atoms. The molecule has 1 aliphatic rings. The van der Waals surface area contributed by atoms with E-state index in [9.17, 15) is 9.90 Å². The number of piperidine rings is 1. The number of amides is 1. The average Bonchev–Trinajstić information content (AvgIpc) is 2.38. The molecule has 1 N–H and O–H groups in total. The summed E-state index contributed by atoms with van der Waals surface area (Å²) < 4.78 is 0. The molecule has 2 rings (SSSR count). The van der Waals surface area contributed by atoms with Crippen molar-refractivity contribution in [1.29, 1.82) is 0 Å². The molecule has 0 saturated carbocycles. The van der Waals surface area contributed by atoms with Gasteiger partial charge in [0.15, 0.2) is 0 Å². The molecule has 0 radical (unpaired) electrons. The van der Waals surface area contributed by atoms with Crippen LogP contribution in [0.3, 0.4) is 0 Å². The van der Waals surface area contributed by atoms with Gasteiger partial charge in [0.2, 0.25) is 0 Å². The Hall–Kier alpha value is -1.07. The van der Waals surface area contributed by atoms with Gasteiger partial charge in [-0.25, -0.2) is 4.98 Å². The molecular formula is C12H16N2O2S. The summed E-state index contributed by atoms with van der Waals surface area (Å²) in [6.45, 7) is 1.15. The van der Waals surface area contributed by atoms with E-state index in [4.69, 9.17) is 0 Å². The van der Waals surface area contributed by atoms with Crippen molar-refractivity contribution in [3.63, 3.8) is 0 Å². The predicted molar refractivity (Wildman–Crippen MR) is 67.2 cm³/mol. The molecule has 1 aromatic heterocycles. The van der Waals surface area contributed by atoms with E-state index in [1.54, 1.807) is 23.2 Å². The predicted octanol–water partition coefficient (Wildman–Crippen LogP) is 1.40. The maximum Gasteiger partial charge on any atom is 0.256 e. The van der Waals surface area contributed by atoms with Crippen molar-refractivity contribution in [2.45, 2.75) is 24.0 Å². The Kier molecular flexibility index (Phi) is 4.02. The van der Waals surface area contributed by atoms with E-state index in [2.05, 4.69) is 4.98 Å². The number of β-amino-alcohol motifs (C(OH)–C–C–N with tert-alkyl or cyclic N) is 1. The summed E-state index contributed by atoms with van der Waals surface area (Å²) in [7, 11) is 0. The first-order valence-electron chi connectivity index (χ1n) is 5.68. The van der Waals surface area contributed by atoms with Crippen molar-refractivity contribution in [1.82, 2.24) is 9.88 Å². The number of likely N-dealkylation sites (tertiary alicyclic amines) is 1. The number of carbonyl (C=O) groups excluding carboxylic acids is 1. The molecule has 0 aliphatic carbocycles. The zero-order valence-electron chi connectivity index (χ0n) is 9.80. The molecule has 1 aliphatic heterocycles. The van der Waals surface area contributed by atoms with Crippen LogP contribution in [0.4, 0.5) is 0 Å². The second-order valence-corrected chi connectivity index (χ2v) is 4.90. The van der Waals surface area contributed by atoms with Crippen molar-refractivity contribution in [2.24, 2.45) is 0 Å². The Balaban J connectivity index is 2.18. The topological polar surface area (TPSA) is 53.4 Å². The summed E-state index contributed by atoms with van der Waals surface area (Å²) in [6, 6.07) is 3.56. The SMILES string of the molecule is CSc1ncccc1C(=O)N1CCCC(O)C1. The van der Waals surface area contributed by atoms with Gasteiger partial charge >= 0.3 is 0 Å². The molecule has 1 atom stereocenters. The monoisotopic (exact) mass is 252 g/mol. The van der Waals surface area contributed by atoms with E-state index in [0.29, 0.717) is 12.1 Å². The highest BCUT2D eigenvalue weighted by molar-refractivity contribution is 7.98. The molecule has 4 nitrogen and oxygen atoms in total. The van der Waals surface area contributed by atoms with Gasteiger partial charge in [-0.15, -0.1) is 11.8 Å². The van der Waals surface area contributed by atoms with Gasteiger partial charge in [0, 0.05) is 19.3 Å².